The van der Waals surface area contributed by atoms with E-state index in [2.05, 4.69) is 25.3 Å². The van der Waals surface area contributed by atoms with Gasteiger partial charge in [0.05, 0.1) is 18.9 Å². The van der Waals surface area contributed by atoms with Gasteiger partial charge in [-0.3, -0.25) is 0 Å². The molecule has 3 rings (SSSR count). The summed E-state index contributed by atoms with van der Waals surface area (Å²) in [6.07, 6.45) is 4.34. The Bertz CT molecular complexity index is 579. The first-order valence-corrected chi connectivity index (χ1v) is 6.22. The molecule has 0 atom stereocenters. The molecule has 2 aromatic rings. The predicted molar refractivity (Wildman–Crippen MR) is 70.7 cm³/mol. The molecule has 0 fully saturated rings. The molecule has 0 unspecified atom stereocenters. The van der Waals surface area contributed by atoms with Gasteiger partial charge in [0.25, 0.3) is 0 Å². The van der Waals surface area contributed by atoms with Crippen molar-refractivity contribution in [1.82, 2.24) is 19.9 Å². The summed E-state index contributed by atoms with van der Waals surface area (Å²) >= 11 is 0. The van der Waals surface area contributed by atoms with E-state index in [1.807, 2.05) is 14.0 Å². The second-order valence-corrected chi connectivity index (χ2v) is 4.46. The Labute approximate surface area is 111 Å². The number of hydrogen-bond acceptors (Lipinski definition) is 6. The molecular weight excluding hydrogens is 242 g/mol. The fraction of sp³-hybridized carbons (Fsp3) is 0.385. The lowest BCUT2D eigenvalue weighted by molar-refractivity contribution is 0.109. The van der Waals surface area contributed by atoms with E-state index in [1.54, 1.807) is 12.4 Å². The van der Waals surface area contributed by atoms with Crippen LogP contribution in [-0.2, 0) is 17.8 Å². The van der Waals surface area contributed by atoms with Crippen molar-refractivity contribution >= 4 is 5.82 Å². The largest absolute Gasteiger partial charge is 0.376 e. The number of ether oxygens (including phenoxy) is 1. The van der Waals surface area contributed by atoms with Gasteiger partial charge >= 0.3 is 0 Å². The molecular formula is C13H15N5O. The average Bonchev–Trinajstić information content (AvgIpc) is 2.47. The zero-order chi connectivity index (χ0) is 13.2. The molecule has 1 aliphatic rings. The molecule has 6 nitrogen and oxygen atoms in total. The highest BCUT2D eigenvalue weighted by atomic mass is 16.5. The minimum atomic E-state index is 0.552. The fourth-order valence-corrected chi connectivity index (χ4v) is 2.05. The van der Waals surface area contributed by atoms with E-state index in [-0.39, 0.29) is 0 Å². The highest BCUT2D eigenvalue weighted by Crippen LogP contribution is 2.24. The quantitative estimate of drug-likeness (QED) is 0.875. The van der Waals surface area contributed by atoms with Gasteiger partial charge < -0.3 is 10.1 Å². The van der Waals surface area contributed by atoms with Crippen LogP contribution in [0.2, 0.25) is 0 Å². The van der Waals surface area contributed by atoms with E-state index in [4.69, 9.17) is 4.74 Å². The summed E-state index contributed by atoms with van der Waals surface area (Å²) in [4.78, 5) is 17.6. The molecule has 0 saturated carbocycles. The first-order valence-electron chi connectivity index (χ1n) is 6.22. The molecule has 0 saturated heterocycles. The third-order valence-electron chi connectivity index (χ3n) is 3.04. The number of aryl methyl sites for hydroxylation is 1. The number of rotatable bonds is 2. The molecule has 1 aliphatic heterocycles. The van der Waals surface area contributed by atoms with Gasteiger partial charge in [-0.1, -0.05) is 0 Å². The first-order chi connectivity index (χ1) is 9.28. The molecule has 3 heterocycles. The summed E-state index contributed by atoms with van der Waals surface area (Å²) in [6.45, 7) is 3.20. The van der Waals surface area contributed by atoms with Gasteiger partial charge in [0.15, 0.2) is 11.6 Å². The van der Waals surface area contributed by atoms with E-state index < -0.39 is 0 Å². The molecule has 0 aliphatic carbocycles. The van der Waals surface area contributed by atoms with Crippen LogP contribution in [0.5, 0.6) is 0 Å². The highest BCUT2D eigenvalue weighted by Gasteiger charge is 2.19. The van der Waals surface area contributed by atoms with Crippen molar-refractivity contribution < 1.29 is 4.74 Å². The minimum absolute atomic E-state index is 0.552. The Balaban J connectivity index is 2.09. The van der Waals surface area contributed by atoms with Crippen molar-refractivity contribution in [3.05, 3.63) is 29.2 Å². The van der Waals surface area contributed by atoms with Gasteiger partial charge in [-0.25, -0.2) is 19.9 Å². The third-order valence-corrected chi connectivity index (χ3v) is 3.04. The van der Waals surface area contributed by atoms with Crippen LogP contribution in [0.25, 0.3) is 11.6 Å². The normalized spacial score (nSPS) is 14.0. The second-order valence-electron chi connectivity index (χ2n) is 4.46. The van der Waals surface area contributed by atoms with Gasteiger partial charge in [0.1, 0.15) is 5.82 Å². The van der Waals surface area contributed by atoms with Crippen molar-refractivity contribution in [1.29, 1.82) is 0 Å². The van der Waals surface area contributed by atoms with Crippen LogP contribution in [0.15, 0.2) is 12.4 Å². The fourth-order valence-electron chi connectivity index (χ4n) is 2.05. The molecule has 0 amide bonds. The number of fused-ring (bicyclic) bond motifs is 1. The third kappa shape index (κ3) is 2.26. The summed E-state index contributed by atoms with van der Waals surface area (Å²) in [5.41, 5.74) is 3.07. The molecule has 98 valence electrons. The van der Waals surface area contributed by atoms with Crippen LogP contribution in [0.4, 0.5) is 5.82 Å². The number of nitrogens with zero attached hydrogens (tertiary/aromatic N) is 4. The number of aromatic nitrogens is 4. The standard InChI is InChI=1S/C13H15N5O/c1-8-5-15-12(16-6-8)13-17-10-3-4-19-7-9(10)11(14-2)18-13/h5-6H,3-4,7H2,1-2H3,(H,14,17,18). The van der Waals surface area contributed by atoms with Crippen LogP contribution in [0.3, 0.4) is 0 Å². The lowest BCUT2D eigenvalue weighted by atomic mass is 10.1. The average molecular weight is 257 g/mol. The summed E-state index contributed by atoms with van der Waals surface area (Å²) in [5, 5.41) is 3.09. The monoisotopic (exact) mass is 257 g/mol. The van der Waals surface area contributed by atoms with Crippen molar-refractivity contribution in [2.75, 3.05) is 19.0 Å². The summed E-state index contributed by atoms with van der Waals surface area (Å²) < 4.78 is 5.45. The van der Waals surface area contributed by atoms with Crippen LogP contribution < -0.4 is 5.32 Å². The number of hydrogen-bond donors (Lipinski definition) is 1. The molecule has 6 heteroatoms. The van der Waals surface area contributed by atoms with E-state index in [0.29, 0.717) is 24.9 Å². The number of anilines is 1. The smallest absolute Gasteiger partial charge is 0.199 e. The van der Waals surface area contributed by atoms with E-state index in [0.717, 1.165) is 29.1 Å². The van der Waals surface area contributed by atoms with Crippen molar-refractivity contribution in [2.45, 2.75) is 20.0 Å². The van der Waals surface area contributed by atoms with Gasteiger partial charge in [-0.05, 0) is 12.5 Å². The van der Waals surface area contributed by atoms with Crippen molar-refractivity contribution in [2.24, 2.45) is 0 Å². The SMILES string of the molecule is CNc1nc(-c2ncc(C)cn2)nc2c1COCC2. The highest BCUT2D eigenvalue weighted by molar-refractivity contribution is 5.54. The summed E-state index contributed by atoms with van der Waals surface area (Å²) in [7, 11) is 1.84. The Morgan fingerprint density at radius 2 is 1.95 bits per heavy atom. The summed E-state index contributed by atoms with van der Waals surface area (Å²) in [5.74, 6) is 1.91. The van der Waals surface area contributed by atoms with E-state index in [9.17, 15) is 0 Å². The molecule has 1 N–H and O–H groups in total. The molecule has 0 bridgehead atoms. The Kier molecular flexibility index (Phi) is 3.08. The van der Waals surface area contributed by atoms with Crippen LogP contribution >= 0.6 is 0 Å². The lowest BCUT2D eigenvalue weighted by Crippen LogP contribution is -2.16. The van der Waals surface area contributed by atoms with Crippen LogP contribution in [-0.4, -0.2) is 33.6 Å². The van der Waals surface area contributed by atoms with Gasteiger partial charge in [0, 0.05) is 31.4 Å². The first kappa shape index (κ1) is 12.0. The van der Waals surface area contributed by atoms with Gasteiger partial charge in [0.2, 0.25) is 0 Å². The maximum atomic E-state index is 5.45. The van der Waals surface area contributed by atoms with Crippen molar-refractivity contribution in [3.63, 3.8) is 0 Å². The maximum Gasteiger partial charge on any atom is 0.199 e. The zero-order valence-electron chi connectivity index (χ0n) is 11.0. The van der Waals surface area contributed by atoms with Crippen LogP contribution in [0.1, 0.15) is 16.8 Å². The minimum Gasteiger partial charge on any atom is -0.376 e. The lowest BCUT2D eigenvalue weighted by Gasteiger charge is -2.18. The van der Waals surface area contributed by atoms with E-state index in [1.165, 1.54) is 0 Å². The predicted octanol–water partition coefficient (Wildman–Crippen LogP) is 1.36. The molecule has 0 spiro atoms. The topological polar surface area (TPSA) is 72.8 Å². The van der Waals surface area contributed by atoms with Crippen LogP contribution in [0, 0.1) is 6.92 Å². The Morgan fingerprint density at radius 1 is 1.16 bits per heavy atom. The molecule has 0 aromatic carbocycles. The van der Waals surface area contributed by atoms with Gasteiger partial charge in [-0.2, -0.15) is 0 Å². The molecule has 0 radical (unpaired) electrons. The maximum absolute atomic E-state index is 5.45. The Hall–Kier alpha value is -2.08. The molecule has 2 aromatic heterocycles. The van der Waals surface area contributed by atoms with E-state index >= 15 is 0 Å². The molecule has 19 heavy (non-hydrogen) atoms. The summed E-state index contributed by atoms with van der Waals surface area (Å²) in [6, 6.07) is 0. The Morgan fingerprint density at radius 3 is 2.68 bits per heavy atom. The number of nitrogens with one attached hydrogen (secondary N) is 1. The second kappa shape index (κ2) is 4.89. The zero-order valence-corrected chi connectivity index (χ0v) is 11.0. The van der Waals surface area contributed by atoms with Gasteiger partial charge in [-0.15, -0.1) is 0 Å². The van der Waals surface area contributed by atoms with Crippen molar-refractivity contribution in [3.8, 4) is 11.6 Å².